The first-order valence-electron chi connectivity index (χ1n) is 11.2. The molecule has 0 bridgehead atoms. The van der Waals surface area contributed by atoms with Crippen LogP contribution in [0.5, 0.6) is 5.75 Å². The number of Topliss-reactive ketones (excluding diaryl/α,β-unsaturated/α-hetero) is 2. The van der Waals surface area contributed by atoms with Gasteiger partial charge in [-0.25, -0.2) is 13.2 Å². The molecule has 0 amide bonds. The number of ketones is 2. The van der Waals surface area contributed by atoms with Crippen molar-refractivity contribution in [3.8, 4) is 5.75 Å². The highest BCUT2D eigenvalue weighted by Crippen LogP contribution is 2.29. The third-order valence-electron chi connectivity index (χ3n) is 5.98. The van der Waals surface area contributed by atoms with Crippen LogP contribution >= 0.6 is 0 Å². The van der Waals surface area contributed by atoms with E-state index in [0.29, 0.717) is 29.9 Å². The number of nitrogens with one attached hydrogen (secondary N) is 1. The van der Waals surface area contributed by atoms with E-state index < -0.39 is 28.4 Å². The smallest absolute Gasteiger partial charge is 0.338 e. The Hall–Kier alpha value is -2.98. The summed E-state index contributed by atoms with van der Waals surface area (Å²) in [6.45, 7) is 5.02. The molecule has 0 spiro atoms. The van der Waals surface area contributed by atoms with Crippen molar-refractivity contribution in [2.45, 2.75) is 51.3 Å². The minimum Gasteiger partial charge on any atom is -0.495 e. The number of sulfonamides is 1. The summed E-state index contributed by atoms with van der Waals surface area (Å²) in [6.07, 6.45) is 3.48. The van der Waals surface area contributed by atoms with E-state index in [-0.39, 0.29) is 27.7 Å². The fraction of sp³-hybridized carbons (Fsp3) is 0.458. The van der Waals surface area contributed by atoms with Crippen molar-refractivity contribution in [3.63, 3.8) is 0 Å². The third kappa shape index (κ3) is 5.23. The van der Waals surface area contributed by atoms with Crippen LogP contribution in [0, 0.1) is 13.8 Å². The lowest BCUT2D eigenvalue weighted by molar-refractivity contribution is 0.0473. The lowest BCUT2D eigenvalue weighted by Crippen LogP contribution is -2.32. The Balaban J connectivity index is 1.80. The van der Waals surface area contributed by atoms with Gasteiger partial charge in [0.15, 0.2) is 12.4 Å². The monoisotopic (exact) mass is 490 g/mol. The van der Waals surface area contributed by atoms with E-state index in [2.05, 4.69) is 4.98 Å². The van der Waals surface area contributed by atoms with Crippen LogP contribution in [-0.4, -0.2) is 62.0 Å². The minimum atomic E-state index is -3.88. The van der Waals surface area contributed by atoms with Crippen LogP contribution in [0.25, 0.3) is 0 Å². The third-order valence-corrected chi connectivity index (χ3v) is 7.90. The highest BCUT2D eigenvalue weighted by molar-refractivity contribution is 7.89. The fourth-order valence-electron chi connectivity index (χ4n) is 4.27. The number of carbonyl (C=O) groups excluding carboxylic acids is 3. The molecule has 10 heteroatoms. The van der Waals surface area contributed by atoms with Crippen LogP contribution in [0.4, 0.5) is 0 Å². The second kappa shape index (κ2) is 10.5. The van der Waals surface area contributed by atoms with Gasteiger partial charge in [0.05, 0.1) is 18.4 Å². The van der Waals surface area contributed by atoms with Gasteiger partial charge in [0, 0.05) is 24.3 Å². The van der Waals surface area contributed by atoms with Gasteiger partial charge in [-0.3, -0.25) is 9.59 Å². The van der Waals surface area contributed by atoms with E-state index in [1.165, 1.54) is 36.5 Å². The maximum absolute atomic E-state index is 13.3. The number of rotatable bonds is 8. The van der Waals surface area contributed by atoms with Gasteiger partial charge in [-0.1, -0.05) is 12.8 Å². The van der Waals surface area contributed by atoms with Crippen molar-refractivity contribution < 1.29 is 32.3 Å². The molecule has 1 N–H and O–H groups in total. The molecule has 1 aliphatic heterocycles. The number of hydrogen-bond donors (Lipinski definition) is 1. The number of esters is 1. The Morgan fingerprint density at radius 1 is 1.06 bits per heavy atom. The van der Waals surface area contributed by atoms with Crippen molar-refractivity contribution in [3.05, 3.63) is 46.3 Å². The van der Waals surface area contributed by atoms with E-state index in [4.69, 9.17) is 9.47 Å². The molecule has 34 heavy (non-hydrogen) atoms. The molecule has 1 aliphatic rings. The Morgan fingerprint density at radius 3 is 2.26 bits per heavy atom. The lowest BCUT2D eigenvalue weighted by atomic mass is 10.1. The summed E-state index contributed by atoms with van der Waals surface area (Å²) in [6, 6.07) is 4.02. The van der Waals surface area contributed by atoms with E-state index in [9.17, 15) is 22.8 Å². The molecule has 9 nitrogen and oxygen atoms in total. The van der Waals surface area contributed by atoms with Gasteiger partial charge < -0.3 is 14.5 Å². The summed E-state index contributed by atoms with van der Waals surface area (Å²) in [4.78, 5) is 39.8. The molecular weight excluding hydrogens is 460 g/mol. The fourth-order valence-corrected chi connectivity index (χ4v) is 5.97. The van der Waals surface area contributed by atoms with E-state index >= 15 is 0 Å². The summed E-state index contributed by atoms with van der Waals surface area (Å²) < 4.78 is 38.4. The number of aryl methyl sites for hydroxylation is 1. The molecule has 3 rings (SSSR count). The first kappa shape index (κ1) is 25.6. The maximum Gasteiger partial charge on any atom is 0.338 e. The van der Waals surface area contributed by atoms with Crippen molar-refractivity contribution in [2.75, 3.05) is 26.8 Å². The van der Waals surface area contributed by atoms with Gasteiger partial charge in [0.25, 0.3) is 0 Å². The maximum atomic E-state index is 13.3. The lowest BCUT2D eigenvalue weighted by Gasteiger charge is -2.21. The molecule has 1 aromatic heterocycles. The zero-order chi connectivity index (χ0) is 25.0. The van der Waals surface area contributed by atoms with E-state index in [0.717, 1.165) is 25.7 Å². The Kier molecular flexibility index (Phi) is 7.93. The molecular formula is C24H30N2O7S. The minimum absolute atomic E-state index is 0.00851. The number of carbonyl (C=O) groups is 3. The predicted molar refractivity (Wildman–Crippen MR) is 125 cm³/mol. The summed E-state index contributed by atoms with van der Waals surface area (Å²) in [5, 5.41) is 0. The number of benzene rings is 1. The van der Waals surface area contributed by atoms with Crippen LogP contribution in [0.2, 0.25) is 0 Å². The summed E-state index contributed by atoms with van der Waals surface area (Å²) in [5.74, 6) is -1.37. The molecule has 0 saturated carbocycles. The molecule has 0 unspecified atom stereocenters. The van der Waals surface area contributed by atoms with Gasteiger partial charge >= 0.3 is 5.97 Å². The number of hydrogen-bond acceptors (Lipinski definition) is 7. The van der Waals surface area contributed by atoms with Crippen LogP contribution in [0.15, 0.2) is 23.1 Å². The van der Waals surface area contributed by atoms with Crippen LogP contribution < -0.4 is 4.74 Å². The largest absolute Gasteiger partial charge is 0.495 e. The number of methoxy groups -OCH3 is 1. The molecule has 2 heterocycles. The van der Waals surface area contributed by atoms with Gasteiger partial charge in [0.2, 0.25) is 15.8 Å². The summed E-state index contributed by atoms with van der Waals surface area (Å²) in [5.41, 5.74) is 1.70. The van der Waals surface area contributed by atoms with Crippen LogP contribution in [0.3, 0.4) is 0 Å². The molecule has 1 saturated heterocycles. The molecule has 2 aromatic rings. The van der Waals surface area contributed by atoms with Crippen LogP contribution in [0.1, 0.15) is 75.1 Å². The number of H-pyrrole nitrogens is 1. The first-order valence-corrected chi connectivity index (χ1v) is 12.6. The second-order valence-corrected chi connectivity index (χ2v) is 10.3. The predicted octanol–water partition coefficient (Wildman–Crippen LogP) is 3.45. The number of ether oxygens (including phenoxy) is 2. The van der Waals surface area contributed by atoms with Crippen molar-refractivity contribution in [1.82, 2.24) is 9.29 Å². The summed E-state index contributed by atoms with van der Waals surface area (Å²) >= 11 is 0. The van der Waals surface area contributed by atoms with Gasteiger partial charge in [-0.2, -0.15) is 4.31 Å². The molecule has 1 fully saturated rings. The average Bonchev–Trinajstić information content (AvgIpc) is 2.97. The van der Waals surface area contributed by atoms with Gasteiger partial charge in [-0.05, 0) is 57.4 Å². The second-order valence-electron chi connectivity index (χ2n) is 8.36. The van der Waals surface area contributed by atoms with Crippen LogP contribution in [-0.2, 0) is 14.8 Å². The Morgan fingerprint density at radius 2 is 1.71 bits per heavy atom. The van der Waals surface area contributed by atoms with E-state index in [1.807, 2.05) is 0 Å². The average molecular weight is 491 g/mol. The Bertz CT molecular complexity index is 1210. The molecule has 0 radical (unpaired) electrons. The number of aromatic amines is 1. The van der Waals surface area contributed by atoms with Crippen molar-refractivity contribution in [2.24, 2.45) is 0 Å². The van der Waals surface area contributed by atoms with Crippen molar-refractivity contribution >= 4 is 27.6 Å². The SMILES string of the molecule is COc1ccc(C(=O)OCC(=O)c2[nH]c(C)c(C(C)=O)c2C)cc1S(=O)(=O)N1CCCCCC1. The highest BCUT2D eigenvalue weighted by atomic mass is 32.2. The molecule has 1 aromatic carbocycles. The van der Waals surface area contributed by atoms with Gasteiger partial charge in [0.1, 0.15) is 10.6 Å². The van der Waals surface area contributed by atoms with Crippen molar-refractivity contribution in [1.29, 1.82) is 0 Å². The van der Waals surface area contributed by atoms with E-state index in [1.54, 1.807) is 13.8 Å². The zero-order valence-electron chi connectivity index (χ0n) is 19.9. The zero-order valence-corrected chi connectivity index (χ0v) is 20.7. The Labute approximate surface area is 199 Å². The number of nitrogens with zero attached hydrogens (tertiary/aromatic N) is 1. The van der Waals surface area contributed by atoms with Gasteiger partial charge in [-0.15, -0.1) is 0 Å². The summed E-state index contributed by atoms with van der Waals surface area (Å²) in [7, 11) is -2.51. The molecule has 0 atom stereocenters. The normalized spacial score (nSPS) is 14.9. The standard InChI is InChI=1S/C24H30N2O7S/c1-15-22(17(3)27)16(2)25-23(15)19(28)14-33-24(29)18-9-10-20(32-4)21(13-18)34(30,31)26-11-7-5-6-8-12-26/h9-10,13,25H,5-8,11-12,14H2,1-4H3. The molecule has 0 aliphatic carbocycles. The first-order chi connectivity index (χ1) is 16.1. The highest BCUT2D eigenvalue weighted by Gasteiger charge is 2.29. The topological polar surface area (TPSA) is 123 Å². The molecule has 184 valence electrons. The number of aromatic nitrogens is 1. The quantitative estimate of drug-likeness (QED) is 0.444.